The monoisotopic (exact) mass is 395 g/mol. The van der Waals surface area contributed by atoms with Crippen LogP contribution in [0.25, 0.3) is 6.08 Å². The first-order chi connectivity index (χ1) is 12.4. The van der Waals surface area contributed by atoms with Gasteiger partial charge in [-0.2, -0.15) is 0 Å². The zero-order valence-electron chi connectivity index (χ0n) is 14.9. The van der Waals surface area contributed by atoms with Gasteiger partial charge in [-0.3, -0.25) is 9.69 Å². The number of rotatable bonds is 8. The number of hydrogen-bond donors (Lipinski definition) is 1. The predicted octanol–water partition coefficient (Wildman–Crippen LogP) is 3.55. The fraction of sp³-hybridized carbons (Fsp3) is 0.389. The maximum absolute atomic E-state index is 12.7. The van der Waals surface area contributed by atoms with Gasteiger partial charge < -0.3 is 14.6 Å². The molecule has 1 aliphatic rings. The van der Waals surface area contributed by atoms with E-state index in [1.54, 1.807) is 31.4 Å². The van der Waals surface area contributed by atoms with Crippen molar-refractivity contribution < 1.29 is 24.2 Å². The van der Waals surface area contributed by atoms with Gasteiger partial charge in [0.05, 0.1) is 19.1 Å². The molecule has 0 radical (unpaired) electrons. The fourth-order valence-corrected chi connectivity index (χ4v) is 3.96. The highest BCUT2D eigenvalue weighted by atomic mass is 32.2. The summed E-state index contributed by atoms with van der Waals surface area (Å²) in [6.45, 7) is 1.97. The average Bonchev–Trinajstić information content (AvgIpc) is 2.89. The van der Waals surface area contributed by atoms with Crippen molar-refractivity contribution in [3.05, 3.63) is 28.7 Å². The van der Waals surface area contributed by atoms with Crippen molar-refractivity contribution in [2.45, 2.75) is 32.2 Å². The van der Waals surface area contributed by atoms with Crippen LogP contribution >= 0.6 is 24.0 Å². The topological polar surface area (TPSA) is 76.1 Å². The Bertz CT molecular complexity index is 747. The molecule has 2 rings (SSSR count). The number of benzene rings is 1. The Morgan fingerprint density at radius 1 is 1.35 bits per heavy atom. The number of ether oxygens (including phenoxy) is 2. The fourth-order valence-electron chi connectivity index (χ4n) is 2.60. The second-order valence-corrected chi connectivity index (χ2v) is 7.34. The summed E-state index contributed by atoms with van der Waals surface area (Å²) in [6.07, 6.45) is 3.62. The smallest absolute Gasteiger partial charge is 0.326 e. The van der Waals surface area contributed by atoms with Crippen LogP contribution in [-0.4, -0.2) is 46.5 Å². The number of carbonyl (C=O) groups excluding carboxylic acids is 1. The third-order valence-corrected chi connectivity index (χ3v) is 5.29. The van der Waals surface area contributed by atoms with Crippen molar-refractivity contribution >= 4 is 46.3 Å². The second-order valence-electron chi connectivity index (χ2n) is 5.66. The maximum Gasteiger partial charge on any atom is 0.326 e. The highest BCUT2D eigenvalue weighted by Gasteiger charge is 2.40. The van der Waals surface area contributed by atoms with Crippen LogP contribution in [0.3, 0.4) is 0 Å². The molecule has 1 aromatic rings. The van der Waals surface area contributed by atoms with Gasteiger partial charge in [-0.15, -0.1) is 0 Å². The molecule has 1 N–H and O–H groups in total. The molecule has 140 valence electrons. The Balaban J connectivity index is 2.29. The van der Waals surface area contributed by atoms with Gasteiger partial charge in [0.25, 0.3) is 5.91 Å². The first-order valence-electron chi connectivity index (χ1n) is 8.14. The van der Waals surface area contributed by atoms with Gasteiger partial charge in [0.15, 0.2) is 11.5 Å². The molecule has 1 atom stereocenters. The molecule has 0 unspecified atom stereocenters. The van der Waals surface area contributed by atoms with Crippen molar-refractivity contribution in [2.75, 3.05) is 14.2 Å². The third kappa shape index (κ3) is 4.37. The largest absolute Gasteiger partial charge is 0.493 e. The molecule has 6 nitrogen and oxygen atoms in total. The molecule has 0 saturated carbocycles. The van der Waals surface area contributed by atoms with Crippen molar-refractivity contribution in [2.24, 2.45) is 0 Å². The number of thioether (sulfide) groups is 1. The standard InChI is InChI=1S/C18H21NO5S2/c1-4-5-6-12(17(21)22)19-16(20)15(26-18(19)25)10-11-7-8-13(23-2)14(9-11)24-3/h7-10,12H,4-6H2,1-3H3,(H,21,22)/b15-10-/t12-/m0/s1. The Kier molecular flexibility index (Phi) is 7.05. The van der Waals surface area contributed by atoms with E-state index in [2.05, 4.69) is 0 Å². The Hall–Kier alpha value is -2.06. The first kappa shape index (κ1) is 20.3. The molecular formula is C18H21NO5S2. The summed E-state index contributed by atoms with van der Waals surface area (Å²) < 4.78 is 10.7. The number of aliphatic carboxylic acids is 1. The molecule has 0 spiro atoms. The van der Waals surface area contributed by atoms with Crippen LogP contribution in [0.15, 0.2) is 23.1 Å². The van der Waals surface area contributed by atoms with Gasteiger partial charge in [0.1, 0.15) is 10.4 Å². The summed E-state index contributed by atoms with van der Waals surface area (Å²) >= 11 is 6.38. The number of nitrogens with zero attached hydrogens (tertiary/aromatic N) is 1. The normalized spacial score (nSPS) is 16.9. The maximum atomic E-state index is 12.7. The lowest BCUT2D eigenvalue weighted by Gasteiger charge is -2.22. The van der Waals surface area contributed by atoms with Crippen LogP contribution < -0.4 is 9.47 Å². The van der Waals surface area contributed by atoms with E-state index in [-0.39, 0.29) is 10.2 Å². The molecular weight excluding hydrogens is 374 g/mol. The number of amides is 1. The quantitative estimate of drug-likeness (QED) is 0.533. The highest BCUT2D eigenvalue weighted by Crippen LogP contribution is 2.36. The Labute approximate surface area is 162 Å². The molecule has 0 aromatic heterocycles. The highest BCUT2D eigenvalue weighted by molar-refractivity contribution is 8.26. The first-order valence-corrected chi connectivity index (χ1v) is 9.37. The van der Waals surface area contributed by atoms with Crippen LogP contribution in [0.4, 0.5) is 0 Å². The molecule has 26 heavy (non-hydrogen) atoms. The second kappa shape index (κ2) is 9.05. The van der Waals surface area contributed by atoms with E-state index < -0.39 is 12.0 Å². The average molecular weight is 396 g/mol. The molecule has 1 heterocycles. The van der Waals surface area contributed by atoms with Gasteiger partial charge in [0.2, 0.25) is 0 Å². The van der Waals surface area contributed by atoms with E-state index in [0.717, 1.165) is 23.7 Å². The number of carbonyl (C=O) groups is 2. The zero-order valence-corrected chi connectivity index (χ0v) is 16.5. The van der Waals surface area contributed by atoms with Crippen molar-refractivity contribution in [3.63, 3.8) is 0 Å². The van der Waals surface area contributed by atoms with Crippen LogP contribution in [0.2, 0.25) is 0 Å². The van der Waals surface area contributed by atoms with Crippen molar-refractivity contribution in [3.8, 4) is 11.5 Å². The van der Waals surface area contributed by atoms with E-state index in [1.807, 2.05) is 6.92 Å². The number of carboxylic acid groups (broad SMARTS) is 1. The molecule has 1 fully saturated rings. The number of hydrogen-bond acceptors (Lipinski definition) is 6. The Morgan fingerprint density at radius 3 is 2.62 bits per heavy atom. The minimum absolute atomic E-state index is 0.269. The predicted molar refractivity (Wildman–Crippen MR) is 106 cm³/mol. The zero-order chi connectivity index (χ0) is 19.3. The van der Waals surface area contributed by atoms with Crippen molar-refractivity contribution in [1.29, 1.82) is 0 Å². The van der Waals surface area contributed by atoms with Gasteiger partial charge in [0, 0.05) is 0 Å². The van der Waals surface area contributed by atoms with E-state index in [9.17, 15) is 14.7 Å². The summed E-state index contributed by atoms with van der Waals surface area (Å²) in [5.74, 6) is -0.286. The number of unbranched alkanes of at least 4 members (excludes halogenated alkanes) is 1. The minimum Gasteiger partial charge on any atom is -0.493 e. The van der Waals surface area contributed by atoms with Gasteiger partial charge in [-0.1, -0.05) is 49.8 Å². The summed E-state index contributed by atoms with van der Waals surface area (Å²) in [4.78, 5) is 25.9. The lowest BCUT2D eigenvalue weighted by Crippen LogP contribution is -2.43. The molecule has 1 aliphatic heterocycles. The number of methoxy groups -OCH3 is 2. The summed E-state index contributed by atoms with van der Waals surface area (Å²) in [7, 11) is 3.08. The molecule has 1 amide bonds. The van der Waals surface area contributed by atoms with E-state index >= 15 is 0 Å². The summed E-state index contributed by atoms with van der Waals surface area (Å²) in [6, 6.07) is 4.35. The third-order valence-electron chi connectivity index (χ3n) is 3.96. The van der Waals surface area contributed by atoms with Crippen molar-refractivity contribution in [1.82, 2.24) is 4.90 Å². The molecule has 8 heteroatoms. The van der Waals surface area contributed by atoms with Gasteiger partial charge in [-0.05, 0) is 30.2 Å². The number of carboxylic acids is 1. The summed E-state index contributed by atoms with van der Waals surface area (Å²) in [5.41, 5.74) is 0.739. The molecule has 1 aromatic carbocycles. The van der Waals surface area contributed by atoms with Gasteiger partial charge >= 0.3 is 5.97 Å². The lowest BCUT2D eigenvalue weighted by atomic mass is 10.1. The number of thiocarbonyl (C=S) groups is 1. The molecule has 1 saturated heterocycles. The Morgan fingerprint density at radius 2 is 2.04 bits per heavy atom. The molecule has 0 aliphatic carbocycles. The van der Waals surface area contributed by atoms with E-state index in [0.29, 0.717) is 29.2 Å². The minimum atomic E-state index is -1.04. The van der Waals surface area contributed by atoms with E-state index in [4.69, 9.17) is 21.7 Å². The summed E-state index contributed by atoms with van der Waals surface area (Å²) in [5, 5.41) is 9.49. The molecule has 0 bridgehead atoms. The van der Waals surface area contributed by atoms with Crippen LogP contribution in [0.5, 0.6) is 11.5 Å². The van der Waals surface area contributed by atoms with Crippen LogP contribution in [-0.2, 0) is 9.59 Å². The lowest BCUT2D eigenvalue weighted by molar-refractivity contribution is -0.145. The van der Waals surface area contributed by atoms with Crippen LogP contribution in [0, 0.1) is 0 Å². The van der Waals surface area contributed by atoms with Gasteiger partial charge in [-0.25, -0.2) is 4.79 Å². The van der Waals surface area contributed by atoms with Crippen LogP contribution in [0.1, 0.15) is 31.7 Å². The van der Waals surface area contributed by atoms with E-state index in [1.165, 1.54) is 12.0 Å². The SMILES string of the molecule is CCCC[C@@H](C(=O)O)N1C(=O)/C(=C/c2ccc(OC)c(OC)c2)SC1=S.